The number of rotatable bonds is 6. The number of carbonyl (C=O) groups is 1. The molecule has 0 saturated carbocycles. The summed E-state index contributed by atoms with van der Waals surface area (Å²) in [5, 5.41) is 1.48. The Balaban J connectivity index is 1.96. The maximum Gasteiger partial charge on any atom is 0.222 e. The van der Waals surface area contributed by atoms with Crippen molar-refractivity contribution in [3.63, 3.8) is 0 Å². The number of thioether (sulfide) groups is 1. The molecule has 1 aromatic carbocycles. The van der Waals surface area contributed by atoms with Crippen molar-refractivity contribution in [3.8, 4) is 0 Å². The van der Waals surface area contributed by atoms with Gasteiger partial charge >= 0.3 is 0 Å². The highest BCUT2D eigenvalue weighted by Gasteiger charge is 2.13. The number of hydrogen-bond donors (Lipinski definition) is 0. The molecule has 2 rings (SSSR count). The smallest absolute Gasteiger partial charge is 0.222 e. The van der Waals surface area contributed by atoms with Gasteiger partial charge in [-0.15, -0.1) is 0 Å². The number of benzene rings is 1. The zero-order valence-electron chi connectivity index (χ0n) is 14.5. The van der Waals surface area contributed by atoms with Crippen molar-refractivity contribution in [2.24, 2.45) is 0 Å². The quantitative estimate of drug-likeness (QED) is 0.573. The third kappa shape index (κ3) is 4.95. The molecule has 0 radical (unpaired) electrons. The molecule has 0 unspecified atom stereocenters. The van der Waals surface area contributed by atoms with E-state index in [4.69, 9.17) is 11.6 Å². The first-order valence-electron chi connectivity index (χ1n) is 7.77. The van der Waals surface area contributed by atoms with Crippen molar-refractivity contribution < 1.29 is 4.79 Å². The Bertz CT molecular complexity index is 696. The Labute approximate surface area is 152 Å². The second-order valence-corrected chi connectivity index (χ2v) is 6.95. The van der Waals surface area contributed by atoms with Gasteiger partial charge in [-0.2, -0.15) is 0 Å². The minimum Gasteiger partial charge on any atom is -0.341 e. The van der Waals surface area contributed by atoms with Crippen LogP contribution in [0.25, 0.3) is 0 Å². The van der Waals surface area contributed by atoms with Gasteiger partial charge in [0.15, 0.2) is 5.16 Å². The van der Waals surface area contributed by atoms with Crippen LogP contribution in [0.15, 0.2) is 29.4 Å². The molecule has 0 atom stereocenters. The average molecular weight is 364 g/mol. The number of carbonyl (C=O) groups excluding carboxylic acids is 1. The van der Waals surface area contributed by atoms with Crippen LogP contribution < -0.4 is 0 Å². The SMILES string of the molecule is CSc1nc(C)c(CCC(=O)N(C)Cc2ccc(Cl)cc2)c(C)n1. The summed E-state index contributed by atoms with van der Waals surface area (Å²) in [4.78, 5) is 23.1. The summed E-state index contributed by atoms with van der Waals surface area (Å²) in [5.74, 6) is 0.109. The van der Waals surface area contributed by atoms with Crippen LogP contribution in [0.5, 0.6) is 0 Å². The van der Waals surface area contributed by atoms with Gasteiger partial charge in [-0.05, 0) is 49.8 Å². The molecule has 0 N–H and O–H groups in total. The molecule has 0 aliphatic rings. The Morgan fingerprint density at radius 2 is 1.75 bits per heavy atom. The highest BCUT2D eigenvalue weighted by atomic mass is 35.5. The normalized spacial score (nSPS) is 10.7. The van der Waals surface area contributed by atoms with E-state index in [0.717, 1.165) is 27.7 Å². The molecule has 1 heterocycles. The summed E-state index contributed by atoms with van der Waals surface area (Å²) in [6.07, 6.45) is 3.08. The van der Waals surface area contributed by atoms with E-state index in [9.17, 15) is 4.79 Å². The van der Waals surface area contributed by atoms with Gasteiger partial charge in [0, 0.05) is 36.4 Å². The Morgan fingerprint density at radius 1 is 1.17 bits per heavy atom. The zero-order chi connectivity index (χ0) is 17.7. The van der Waals surface area contributed by atoms with E-state index in [1.165, 1.54) is 11.8 Å². The maximum atomic E-state index is 12.4. The molecule has 6 heteroatoms. The molecule has 0 aliphatic carbocycles. The monoisotopic (exact) mass is 363 g/mol. The fourth-order valence-electron chi connectivity index (χ4n) is 2.54. The second kappa shape index (κ2) is 8.49. The molecule has 2 aromatic rings. The zero-order valence-corrected chi connectivity index (χ0v) is 16.0. The van der Waals surface area contributed by atoms with Gasteiger partial charge in [-0.3, -0.25) is 4.79 Å². The van der Waals surface area contributed by atoms with Crippen LogP contribution in [0.2, 0.25) is 5.02 Å². The molecule has 1 aromatic heterocycles. The summed E-state index contributed by atoms with van der Waals surface area (Å²) in [5.41, 5.74) is 4.05. The molecule has 24 heavy (non-hydrogen) atoms. The average Bonchev–Trinajstić information content (AvgIpc) is 2.55. The molecule has 1 amide bonds. The number of hydrogen-bond acceptors (Lipinski definition) is 4. The van der Waals surface area contributed by atoms with Crippen LogP contribution in [0.4, 0.5) is 0 Å². The number of nitrogens with zero attached hydrogens (tertiary/aromatic N) is 3. The fourth-order valence-corrected chi connectivity index (χ4v) is 3.12. The van der Waals surface area contributed by atoms with Crippen molar-refractivity contribution in [2.45, 2.75) is 38.4 Å². The molecule has 4 nitrogen and oxygen atoms in total. The van der Waals surface area contributed by atoms with Gasteiger partial charge < -0.3 is 4.90 Å². The second-order valence-electron chi connectivity index (χ2n) is 5.74. The minimum atomic E-state index is 0.109. The van der Waals surface area contributed by atoms with Crippen LogP contribution in [0.3, 0.4) is 0 Å². The van der Waals surface area contributed by atoms with Crippen molar-refractivity contribution in [3.05, 3.63) is 51.8 Å². The van der Waals surface area contributed by atoms with E-state index in [-0.39, 0.29) is 5.91 Å². The number of amides is 1. The van der Waals surface area contributed by atoms with E-state index >= 15 is 0 Å². The van der Waals surface area contributed by atoms with Gasteiger partial charge in [0.2, 0.25) is 5.91 Å². The van der Waals surface area contributed by atoms with E-state index in [2.05, 4.69) is 9.97 Å². The van der Waals surface area contributed by atoms with Crippen molar-refractivity contribution in [1.29, 1.82) is 0 Å². The topological polar surface area (TPSA) is 46.1 Å². The van der Waals surface area contributed by atoms with Crippen LogP contribution in [0, 0.1) is 13.8 Å². The van der Waals surface area contributed by atoms with Gasteiger partial charge in [-0.1, -0.05) is 35.5 Å². The predicted molar refractivity (Wildman–Crippen MR) is 99.5 cm³/mol. The molecule has 128 valence electrons. The third-order valence-corrected chi connectivity index (χ3v) is 4.73. The van der Waals surface area contributed by atoms with E-state index < -0.39 is 0 Å². The number of aryl methyl sites for hydroxylation is 2. The summed E-state index contributed by atoms with van der Waals surface area (Å²) in [6.45, 7) is 4.53. The van der Waals surface area contributed by atoms with Gasteiger partial charge in [0.1, 0.15) is 0 Å². The third-order valence-electron chi connectivity index (χ3n) is 3.93. The van der Waals surface area contributed by atoms with Crippen LogP contribution >= 0.6 is 23.4 Å². The Kier molecular flexibility index (Phi) is 6.63. The number of halogens is 1. The highest BCUT2D eigenvalue weighted by Crippen LogP contribution is 2.18. The van der Waals surface area contributed by atoms with Crippen molar-refractivity contribution in [2.75, 3.05) is 13.3 Å². The summed E-state index contributed by atoms with van der Waals surface area (Å²) < 4.78 is 0. The summed E-state index contributed by atoms with van der Waals surface area (Å²) in [7, 11) is 1.82. The lowest BCUT2D eigenvalue weighted by molar-refractivity contribution is -0.130. The molecule has 0 aliphatic heterocycles. The van der Waals surface area contributed by atoms with Crippen LogP contribution in [-0.2, 0) is 17.8 Å². The van der Waals surface area contributed by atoms with Gasteiger partial charge in [0.05, 0.1) is 0 Å². The first kappa shape index (κ1) is 18.7. The van der Waals surface area contributed by atoms with Gasteiger partial charge in [0.25, 0.3) is 0 Å². The van der Waals surface area contributed by atoms with E-state index in [0.29, 0.717) is 24.4 Å². The lowest BCUT2D eigenvalue weighted by Crippen LogP contribution is -2.26. The first-order chi connectivity index (χ1) is 11.4. The van der Waals surface area contributed by atoms with E-state index in [1.54, 1.807) is 4.90 Å². The maximum absolute atomic E-state index is 12.4. The number of aromatic nitrogens is 2. The molecule has 0 saturated heterocycles. The predicted octanol–water partition coefficient (Wildman–Crippen LogP) is 4.06. The molecular weight excluding hydrogens is 342 g/mol. The lowest BCUT2D eigenvalue weighted by atomic mass is 10.1. The first-order valence-corrected chi connectivity index (χ1v) is 9.37. The van der Waals surface area contributed by atoms with Crippen molar-refractivity contribution in [1.82, 2.24) is 14.9 Å². The largest absolute Gasteiger partial charge is 0.341 e. The van der Waals surface area contributed by atoms with E-state index in [1.807, 2.05) is 51.4 Å². The minimum absolute atomic E-state index is 0.109. The Hall–Kier alpha value is -1.59. The lowest BCUT2D eigenvalue weighted by Gasteiger charge is -2.18. The Morgan fingerprint density at radius 3 is 2.29 bits per heavy atom. The van der Waals surface area contributed by atoms with Crippen LogP contribution in [0.1, 0.15) is 28.9 Å². The molecular formula is C18H22ClN3OS. The fraction of sp³-hybridized carbons (Fsp3) is 0.389. The van der Waals surface area contributed by atoms with Crippen LogP contribution in [-0.4, -0.2) is 34.1 Å². The molecule has 0 bridgehead atoms. The summed E-state index contributed by atoms with van der Waals surface area (Å²) in [6, 6.07) is 7.56. The van der Waals surface area contributed by atoms with Gasteiger partial charge in [-0.25, -0.2) is 9.97 Å². The highest BCUT2D eigenvalue weighted by molar-refractivity contribution is 7.98. The van der Waals surface area contributed by atoms with Crippen molar-refractivity contribution >= 4 is 29.3 Å². The molecule has 0 fully saturated rings. The molecule has 0 spiro atoms. The summed E-state index contributed by atoms with van der Waals surface area (Å²) >= 11 is 7.42. The standard InChI is InChI=1S/C18H22ClN3OS/c1-12-16(13(2)21-18(20-12)24-4)9-10-17(23)22(3)11-14-5-7-15(19)8-6-14/h5-8H,9-11H2,1-4H3.